The fourth-order valence-corrected chi connectivity index (χ4v) is 4.54. The molecule has 0 spiro atoms. The lowest BCUT2D eigenvalue weighted by Gasteiger charge is -2.10. The van der Waals surface area contributed by atoms with Crippen LogP contribution in [0.3, 0.4) is 0 Å². The van der Waals surface area contributed by atoms with Crippen LogP contribution in [-0.2, 0) is 0 Å². The number of rotatable bonds is 3. The first kappa shape index (κ1) is 15.2. The molecule has 0 fully saturated rings. The van der Waals surface area contributed by atoms with Gasteiger partial charge in [-0.1, -0.05) is 66.7 Å². The molecule has 0 radical (unpaired) electrons. The fourth-order valence-electron chi connectivity index (χ4n) is 3.41. The topological polar surface area (TPSA) is 12.0 Å². The Kier molecular flexibility index (Phi) is 3.69. The number of hydrogen-bond donors (Lipinski definition) is 1. The number of fused-ring (bicyclic) bond motifs is 3. The van der Waals surface area contributed by atoms with Gasteiger partial charge in [-0.2, -0.15) is 0 Å². The average Bonchev–Trinajstić information content (AvgIpc) is 3.09. The van der Waals surface area contributed by atoms with Crippen LogP contribution < -0.4 is 5.32 Å². The standard InChI is InChI=1S/C24H17NS/c1-2-7-17(8-3-1)18-13-15-19(16-14-18)25-21-10-6-12-23-24(21)20-9-4-5-11-22(20)26-23/h1-16,25H. The lowest BCUT2D eigenvalue weighted by atomic mass is 10.1. The number of anilines is 2. The Morgan fingerprint density at radius 1 is 0.538 bits per heavy atom. The zero-order chi connectivity index (χ0) is 17.3. The van der Waals surface area contributed by atoms with Crippen LogP contribution in [0.2, 0.25) is 0 Å². The van der Waals surface area contributed by atoms with Crippen molar-refractivity contribution in [3.63, 3.8) is 0 Å². The van der Waals surface area contributed by atoms with Gasteiger partial charge in [0.05, 0.1) is 0 Å². The first-order chi connectivity index (χ1) is 12.9. The normalized spacial score (nSPS) is 11.1. The lowest BCUT2D eigenvalue weighted by molar-refractivity contribution is 1.57. The number of benzene rings is 4. The monoisotopic (exact) mass is 351 g/mol. The van der Waals surface area contributed by atoms with Gasteiger partial charge in [-0.05, 0) is 41.5 Å². The molecule has 4 aromatic carbocycles. The number of hydrogen-bond acceptors (Lipinski definition) is 2. The summed E-state index contributed by atoms with van der Waals surface area (Å²) in [6.45, 7) is 0. The molecule has 2 heteroatoms. The fraction of sp³-hybridized carbons (Fsp3) is 0. The van der Waals surface area contributed by atoms with Gasteiger partial charge in [-0.25, -0.2) is 0 Å². The molecule has 0 unspecified atom stereocenters. The van der Waals surface area contributed by atoms with Crippen LogP contribution in [0.25, 0.3) is 31.3 Å². The highest BCUT2D eigenvalue weighted by molar-refractivity contribution is 7.25. The molecule has 0 amide bonds. The summed E-state index contributed by atoms with van der Waals surface area (Å²) in [6.07, 6.45) is 0. The summed E-state index contributed by atoms with van der Waals surface area (Å²) in [5.41, 5.74) is 4.74. The van der Waals surface area contributed by atoms with E-state index in [0.29, 0.717) is 0 Å². The molecule has 0 aliphatic carbocycles. The lowest BCUT2D eigenvalue weighted by Crippen LogP contribution is -1.90. The van der Waals surface area contributed by atoms with Crippen LogP contribution >= 0.6 is 11.3 Å². The highest BCUT2D eigenvalue weighted by Crippen LogP contribution is 2.39. The molecule has 0 saturated carbocycles. The Morgan fingerprint density at radius 2 is 1.23 bits per heavy atom. The van der Waals surface area contributed by atoms with E-state index in [9.17, 15) is 0 Å². The van der Waals surface area contributed by atoms with Crippen LogP contribution in [0, 0.1) is 0 Å². The predicted molar refractivity (Wildman–Crippen MR) is 114 cm³/mol. The summed E-state index contributed by atoms with van der Waals surface area (Å²) < 4.78 is 2.65. The second kappa shape index (κ2) is 6.32. The molecule has 0 saturated heterocycles. The van der Waals surface area contributed by atoms with Crippen molar-refractivity contribution < 1.29 is 0 Å². The van der Waals surface area contributed by atoms with Crippen molar-refractivity contribution in [3.05, 3.63) is 97.1 Å². The number of nitrogens with one attached hydrogen (secondary N) is 1. The van der Waals surface area contributed by atoms with E-state index in [-0.39, 0.29) is 0 Å². The van der Waals surface area contributed by atoms with Gasteiger partial charge in [0.15, 0.2) is 0 Å². The summed E-state index contributed by atoms with van der Waals surface area (Å²) in [6, 6.07) is 34.2. The van der Waals surface area contributed by atoms with Gasteiger partial charge >= 0.3 is 0 Å². The Balaban J connectivity index is 1.53. The van der Waals surface area contributed by atoms with Crippen LogP contribution in [-0.4, -0.2) is 0 Å². The summed E-state index contributed by atoms with van der Waals surface area (Å²) >= 11 is 1.85. The average molecular weight is 351 g/mol. The van der Waals surface area contributed by atoms with Crippen molar-refractivity contribution in [2.75, 3.05) is 5.32 Å². The van der Waals surface area contributed by atoms with Crippen molar-refractivity contribution in [2.45, 2.75) is 0 Å². The predicted octanol–water partition coefficient (Wildman–Crippen LogP) is 7.47. The molecule has 0 aliphatic heterocycles. The highest BCUT2D eigenvalue weighted by atomic mass is 32.1. The molecule has 124 valence electrons. The smallest absolute Gasteiger partial charge is 0.0478 e. The molecule has 0 atom stereocenters. The van der Waals surface area contributed by atoms with Gasteiger partial charge in [0, 0.05) is 31.5 Å². The highest BCUT2D eigenvalue weighted by Gasteiger charge is 2.09. The summed E-state index contributed by atoms with van der Waals surface area (Å²) in [5.74, 6) is 0. The summed E-state index contributed by atoms with van der Waals surface area (Å²) in [5, 5.41) is 6.23. The van der Waals surface area contributed by atoms with Crippen LogP contribution in [0.1, 0.15) is 0 Å². The van der Waals surface area contributed by atoms with Crippen LogP contribution in [0.15, 0.2) is 97.1 Å². The molecule has 5 aromatic rings. The van der Waals surface area contributed by atoms with E-state index >= 15 is 0 Å². The largest absolute Gasteiger partial charge is 0.355 e. The minimum absolute atomic E-state index is 1.10. The summed E-state index contributed by atoms with van der Waals surface area (Å²) in [4.78, 5) is 0. The minimum atomic E-state index is 1.10. The first-order valence-electron chi connectivity index (χ1n) is 8.71. The maximum absolute atomic E-state index is 3.61. The Hall–Kier alpha value is -3.10. The molecule has 1 N–H and O–H groups in total. The third-order valence-corrected chi connectivity index (χ3v) is 5.81. The molecule has 0 aliphatic rings. The van der Waals surface area contributed by atoms with Gasteiger partial charge in [-0.15, -0.1) is 11.3 Å². The second-order valence-electron chi connectivity index (χ2n) is 6.35. The molecular weight excluding hydrogens is 334 g/mol. The third-order valence-electron chi connectivity index (χ3n) is 4.67. The van der Waals surface area contributed by atoms with Gasteiger partial charge in [0.2, 0.25) is 0 Å². The second-order valence-corrected chi connectivity index (χ2v) is 7.43. The van der Waals surface area contributed by atoms with E-state index in [1.165, 1.54) is 31.3 Å². The van der Waals surface area contributed by atoms with Crippen molar-refractivity contribution in [2.24, 2.45) is 0 Å². The molecule has 26 heavy (non-hydrogen) atoms. The SMILES string of the molecule is c1ccc(-c2ccc(Nc3cccc4sc5ccccc5c34)cc2)cc1. The zero-order valence-corrected chi connectivity index (χ0v) is 15.0. The Labute approximate surface area is 156 Å². The van der Waals surface area contributed by atoms with Crippen molar-refractivity contribution in [1.82, 2.24) is 0 Å². The minimum Gasteiger partial charge on any atom is -0.355 e. The van der Waals surface area contributed by atoms with E-state index in [0.717, 1.165) is 11.4 Å². The van der Waals surface area contributed by atoms with Gasteiger partial charge < -0.3 is 5.32 Å². The maximum Gasteiger partial charge on any atom is 0.0478 e. The Morgan fingerprint density at radius 3 is 2.08 bits per heavy atom. The van der Waals surface area contributed by atoms with Gasteiger partial charge in [0.1, 0.15) is 0 Å². The van der Waals surface area contributed by atoms with Crippen molar-refractivity contribution in [3.8, 4) is 11.1 Å². The van der Waals surface area contributed by atoms with Gasteiger partial charge in [0.25, 0.3) is 0 Å². The van der Waals surface area contributed by atoms with Crippen LogP contribution in [0.4, 0.5) is 11.4 Å². The molecular formula is C24H17NS. The van der Waals surface area contributed by atoms with Crippen LogP contribution in [0.5, 0.6) is 0 Å². The zero-order valence-electron chi connectivity index (χ0n) is 14.1. The Bertz CT molecular complexity index is 1190. The molecule has 1 aromatic heterocycles. The molecule has 1 heterocycles. The van der Waals surface area contributed by atoms with E-state index in [4.69, 9.17) is 0 Å². The molecule has 0 bridgehead atoms. The maximum atomic E-state index is 3.61. The van der Waals surface area contributed by atoms with E-state index in [2.05, 4.69) is 96.3 Å². The number of thiophene rings is 1. The summed E-state index contributed by atoms with van der Waals surface area (Å²) in [7, 11) is 0. The molecule has 1 nitrogen and oxygen atoms in total. The van der Waals surface area contributed by atoms with E-state index in [1.54, 1.807) is 0 Å². The van der Waals surface area contributed by atoms with E-state index in [1.807, 2.05) is 17.4 Å². The quantitative estimate of drug-likeness (QED) is 0.355. The van der Waals surface area contributed by atoms with Crippen molar-refractivity contribution in [1.29, 1.82) is 0 Å². The van der Waals surface area contributed by atoms with Crippen molar-refractivity contribution >= 4 is 42.9 Å². The van der Waals surface area contributed by atoms with E-state index < -0.39 is 0 Å². The first-order valence-corrected chi connectivity index (χ1v) is 9.53. The van der Waals surface area contributed by atoms with Gasteiger partial charge in [-0.3, -0.25) is 0 Å². The molecule has 5 rings (SSSR count). The third kappa shape index (κ3) is 2.65.